The lowest BCUT2D eigenvalue weighted by Crippen LogP contribution is -2.45. The summed E-state index contributed by atoms with van der Waals surface area (Å²) in [5.41, 5.74) is 5.32. The molecule has 0 fully saturated rings. The number of benzene rings is 1. The summed E-state index contributed by atoms with van der Waals surface area (Å²) >= 11 is 0. The maximum absolute atomic E-state index is 4.53. The molecule has 2 aromatic rings. The third-order valence-corrected chi connectivity index (χ3v) is 4.48. The van der Waals surface area contributed by atoms with Crippen molar-refractivity contribution in [1.82, 2.24) is 15.3 Å². The second-order valence-electron chi connectivity index (χ2n) is 5.91. The second-order valence-corrected chi connectivity index (χ2v) is 5.91. The largest absolute Gasteiger partial charge is 0.348 e. The Morgan fingerprint density at radius 2 is 1.95 bits per heavy atom. The van der Waals surface area contributed by atoms with Crippen molar-refractivity contribution >= 4 is 0 Å². The minimum atomic E-state index is -0.00297. The van der Waals surface area contributed by atoms with E-state index in [4.69, 9.17) is 0 Å². The standard InChI is InChI=1S/C17H23N3/c1-3-13-4-6-14(7-5-13)8-10-17(2)16-15(9-11-20-17)18-12-19-16/h4-7,12,20H,3,8-11H2,1-2H3,(H,18,19). The van der Waals surface area contributed by atoms with Gasteiger partial charge in [-0.25, -0.2) is 4.98 Å². The van der Waals surface area contributed by atoms with E-state index in [1.165, 1.54) is 22.5 Å². The first-order valence-electron chi connectivity index (χ1n) is 7.57. The molecule has 2 heterocycles. The molecule has 1 aromatic carbocycles. The number of hydrogen-bond acceptors (Lipinski definition) is 2. The summed E-state index contributed by atoms with van der Waals surface area (Å²) in [6, 6.07) is 9.00. The van der Waals surface area contributed by atoms with E-state index in [2.05, 4.69) is 53.4 Å². The molecule has 0 radical (unpaired) electrons. The highest BCUT2D eigenvalue weighted by molar-refractivity contribution is 5.26. The third-order valence-electron chi connectivity index (χ3n) is 4.48. The maximum atomic E-state index is 4.53. The predicted octanol–water partition coefficient (Wildman–Crippen LogP) is 2.97. The first-order chi connectivity index (χ1) is 9.71. The molecule has 1 aliphatic rings. The molecule has 0 saturated carbocycles. The Hall–Kier alpha value is -1.61. The monoisotopic (exact) mass is 269 g/mol. The van der Waals surface area contributed by atoms with Crippen molar-refractivity contribution in [2.75, 3.05) is 6.54 Å². The van der Waals surface area contributed by atoms with Gasteiger partial charge in [0.1, 0.15) is 0 Å². The van der Waals surface area contributed by atoms with Crippen molar-refractivity contribution in [3.8, 4) is 0 Å². The summed E-state index contributed by atoms with van der Waals surface area (Å²) in [5.74, 6) is 0. The molecule has 20 heavy (non-hydrogen) atoms. The Morgan fingerprint density at radius 1 is 1.20 bits per heavy atom. The SMILES string of the molecule is CCc1ccc(CCC2(C)NCCc3[nH]cnc32)cc1. The highest BCUT2D eigenvalue weighted by Gasteiger charge is 2.33. The van der Waals surface area contributed by atoms with Gasteiger partial charge in [0, 0.05) is 18.7 Å². The Balaban J connectivity index is 1.72. The van der Waals surface area contributed by atoms with E-state index in [-0.39, 0.29) is 5.54 Å². The molecule has 3 heteroatoms. The van der Waals surface area contributed by atoms with E-state index in [1.54, 1.807) is 0 Å². The molecular formula is C17H23N3. The van der Waals surface area contributed by atoms with Crippen LogP contribution in [0.1, 0.15) is 42.8 Å². The number of nitrogens with zero attached hydrogens (tertiary/aromatic N) is 1. The van der Waals surface area contributed by atoms with Crippen LogP contribution in [0.15, 0.2) is 30.6 Å². The number of aromatic amines is 1. The van der Waals surface area contributed by atoms with E-state index in [9.17, 15) is 0 Å². The van der Waals surface area contributed by atoms with Crippen molar-refractivity contribution in [1.29, 1.82) is 0 Å². The van der Waals surface area contributed by atoms with Crippen molar-refractivity contribution in [2.24, 2.45) is 0 Å². The lowest BCUT2D eigenvalue weighted by Gasteiger charge is -2.34. The van der Waals surface area contributed by atoms with Gasteiger partial charge < -0.3 is 10.3 Å². The maximum Gasteiger partial charge on any atom is 0.0926 e. The van der Waals surface area contributed by atoms with Crippen LogP contribution in [0, 0.1) is 0 Å². The Kier molecular flexibility index (Phi) is 3.62. The normalized spacial score (nSPS) is 21.7. The third kappa shape index (κ3) is 2.50. The van der Waals surface area contributed by atoms with Crippen LogP contribution in [-0.2, 0) is 24.8 Å². The predicted molar refractivity (Wildman–Crippen MR) is 81.8 cm³/mol. The van der Waals surface area contributed by atoms with Crippen LogP contribution < -0.4 is 5.32 Å². The van der Waals surface area contributed by atoms with Gasteiger partial charge in [0.15, 0.2) is 0 Å². The van der Waals surface area contributed by atoms with E-state index in [0.717, 1.165) is 32.2 Å². The van der Waals surface area contributed by atoms with Crippen molar-refractivity contribution in [3.63, 3.8) is 0 Å². The molecule has 3 rings (SSSR count). The number of nitrogens with one attached hydrogen (secondary N) is 2. The minimum Gasteiger partial charge on any atom is -0.348 e. The lowest BCUT2D eigenvalue weighted by atomic mass is 9.85. The minimum absolute atomic E-state index is 0.00297. The molecule has 0 spiro atoms. The summed E-state index contributed by atoms with van der Waals surface area (Å²) in [7, 11) is 0. The zero-order valence-corrected chi connectivity index (χ0v) is 12.4. The molecule has 106 valence electrons. The highest BCUT2D eigenvalue weighted by Crippen LogP contribution is 2.30. The number of aryl methyl sites for hydroxylation is 2. The molecule has 0 amide bonds. The molecule has 1 unspecified atom stereocenters. The van der Waals surface area contributed by atoms with Gasteiger partial charge in [-0.15, -0.1) is 0 Å². The fourth-order valence-electron chi connectivity index (χ4n) is 3.08. The Labute approximate surface area is 120 Å². The van der Waals surface area contributed by atoms with Gasteiger partial charge in [0.25, 0.3) is 0 Å². The van der Waals surface area contributed by atoms with E-state index in [0.29, 0.717) is 0 Å². The van der Waals surface area contributed by atoms with Gasteiger partial charge in [-0.2, -0.15) is 0 Å². The number of aromatic nitrogens is 2. The van der Waals surface area contributed by atoms with Gasteiger partial charge in [-0.3, -0.25) is 0 Å². The van der Waals surface area contributed by atoms with Gasteiger partial charge in [0.2, 0.25) is 0 Å². The lowest BCUT2D eigenvalue weighted by molar-refractivity contribution is 0.314. The molecule has 3 nitrogen and oxygen atoms in total. The van der Waals surface area contributed by atoms with Crippen molar-refractivity contribution < 1.29 is 0 Å². The molecule has 1 aromatic heterocycles. The zero-order valence-electron chi connectivity index (χ0n) is 12.4. The number of rotatable bonds is 4. The second kappa shape index (κ2) is 5.41. The van der Waals surface area contributed by atoms with Crippen molar-refractivity contribution in [3.05, 3.63) is 53.1 Å². The van der Waals surface area contributed by atoms with Crippen molar-refractivity contribution in [2.45, 2.75) is 45.1 Å². The smallest absolute Gasteiger partial charge is 0.0926 e. The van der Waals surface area contributed by atoms with Crippen LogP contribution in [0.25, 0.3) is 0 Å². The number of hydrogen-bond donors (Lipinski definition) is 2. The summed E-state index contributed by atoms with van der Waals surface area (Å²) < 4.78 is 0. The van der Waals surface area contributed by atoms with Crippen LogP contribution in [0.3, 0.4) is 0 Å². The van der Waals surface area contributed by atoms with Crippen LogP contribution in [0.4, 0.5) is 0 Å². The van der Waals surface area contributed by atoms with E-state index >= 15 is 0 Å². The molecular weight excluding hydrogens is 246 g/mol. The van der Waals surface area contributed by atoms with Crippen LogP contribution >= 0.6 is 0 Å². The molecule has 0 saturated heterocycles. The number of fused-ring (bicyclic) bond motifs is 1. The van der Waals surface area contributed by atoms with Crippen LogP contribution in [0.5, 0.6) is 0 Å². The fraction of sp³-hybridized carbons (Fsp3) is 0.471. The first kappa shape index (κ1) is 13.4. The average Bonchev–Trinajstić information content (AvgIpc) is 2.96. The van der Waals surface area contributed by atoms with Gasteiger partial charge in [-0.05, 0) is 37.3 Å². The first-order valence-corrected chi connectivity index (χ1v) is 7.57. The molecule has 0 aliphatic carbocycles. The molecule has 2 N–H and O–H groups in total. The zero-order chi connectivity index (χ0) is 14.0. The van der Waals surface area contributed by atoms with E-state index in [1.807, 2.05) is 6.33 Å². The Morgan fingerprint density at radius 3 is 2.70 bits per heavy atom. The number of imidazole rings is 1. The van der Waals surface area contributed by atoms with Gasteiger partial charge in [0.05, 0.1) is 17.6 Å². The molecule has 0 bridgehead atoms. The van der Waals surface area contributed by atoms with Gasteiger partial charge in [-0.1, -0.05) is 31.2 Å². The molecule has 1 aliphatic heterocycles. The summed E-state index contributed by atoms with van der Waals surface area (Å²) in [6.07, 6.45) is 6.15. The van der Waals surface area contributed by atoms with E-state index < -0.39 is 0 Å². The van der Waals surface area contributed by atoms with Crippen LogP contribution in [-0.4, -0.2) is 16.5 Å². The average molecular weight is 269 g/mol. The van der Waals surface area contributed by atoms with Crippen LogP contribution in [0.2, 0.25) is 0 Å². The highest BCUT2D eigenvalue weighted by atomic mass is 15.1. The summed E-state index contributed by atoms with van der Waals surface area (Å²) in [5, 5.41) is 3.65. The summed E-state index contributed by atoms with van der Waals surface area (Å²) in [6.45, 7) is 5.49. The molecule has 1 atom stereocenters. The summed E-state index contributed by atoms with van der Waals surface area (Å²) in [4.78, 5) is 7.81. The number of H-pyrrole nitrogens is 1. The Bertz CT molecular complexity index is 570. The topological polar surface area (TPSA) is 40.7 Å². The fourth-order valence-corrected chi connectivity index (χ4v) is 3.08. The van der Waals surface area contributed by atoms with Gasteiger partial charge >= 0.3 is 0 Å². The quantitative estimate of drug-likeness (QED) is 0.896.